The molecule has 1 aromatic carbocycles. The molecule has 3 heteroatoms. The van der Waals surface area contributed by atoms with Gasteiger partial charge in [-0.15, -0.1) is 0 Å². The first kappa shape index (κ1) is 10.7. The second kappa shape index (κ2) is 5.37. The zero-order chi connectivity index (χ0) is 9.68. The smallest absolute Gasteiger partial charge is 0.0306 e. The van der Waals surface area contributed by atoms with Crippen molar-refractivity contribution < 1.29 is 0 Å². The SMILES string of the molecule is NCCCC(N)c1ccccc1Br. The summed E-state index contributed by atoms with van der Waals surface area (Å²) in [5.41, 5.74) is 12.6. The molecule has 1 atom stereocenters. The average Bonchev–Trinajstić information content (AvgIpc) is 2.15. The first-order valence-corrected chi connectivity index (χ1v) is 5.25. The molecular formula is C10H15BrN2. The zero-order valence-electron chi connectivity index (χ0n) is 7.54. The second-order valence-electron chi connectivity index (χ2n) is 3.06. The Hall–Kier alpha value is -0.380. The molecule has 72 valence electrons. The Morgan fingerprint density at radius 2 is 2.00 bits per heavy atom. The van der Waals surface area contributed by atoms with Crippen LogP contribution < -0.4 is 11.5 Å². The normalized spacial score (nSPS) is 12.8. The molecular weight excluding hydrogens is 228 g/mol. The van der Waals surface area contributed by atoms with Crippen molar-refractivity contribution in [1.82, 2.24) is 0 Å². The first-order chi connectivity index (χ1) is 6.25. The van der Waals surface area contributed by atoms with Crippen molar-refractivity contribution in [2.75, 3.05) is 6.54 Å². The number of hydrogen-bond acceptors (Lipinski definition) is 2. The molecule has 0 aliphatic rings. The molecule has 4 N–H and O–H groups in total. The van der Waals surface area contributed by atoms with E-state index in [1.54, 1.807) is 0 Å². The van der Waals surface area contributed by atoms with Crippen molar-refractivity contribution in [3.8, 4) is 0 Å². The monoisotopic (exact) mass is 242 g/mol. The number of nitrogens with two attached hydrogens (primary N) is 2. The van der Waals surface area contributed by atoms with Crippen molar-refractivity contribution >= 4 is 15.9 Å². The standard InChI is InChI=1S/C10H15BrN2/c11-9-5-2-1-4-8(9)10(13)6-3-7-12/h1-2,4-5,10H,3,6-7,12-13H2. The summed E-state index contributed by atoms with van der Waals surface area (Å²) in [5, 5.41) is 0. The van der Waals surface area contributed by atoms with Crippen molar-refractivity contribution in [2.24, 2.45) is 11.5 Å². The fourth-order valence-electron chi connectivity index (χ4n) is 1.27. The summed E-state index contributed by atoms with van der Waals surface area (Å²) in [5.74, 6) is 0. The van der Waals surface area contributed by atoms with Crippen molar-refractivity contribution in [3.63, 3.8) is 0 Å². The van der Waals surface area contributed by atoms with Crippen LogP contribution in [0.25, 0.3) is 0 Å². The molecule has 0 radical (unpaired) electrons. The van der Waals surface area contributed by atoms with Crippen molar-refractivity contribution in [2.45, 2.75) is 18.9 Å². The highest BCUT2D eigenvalue weighted by molar-refractivity contribution is 9.10. The van der Waals surface area contributed by atoms with E-state index in [4.69, 9.17) is 11.5 Å². The summed E-state index contributed by atoms with van der Waals surface area (Å²) < 4.78 is 1.08. The van der Waals surface area contributed by atoms with E-state index in [0.717, 1.165) is 22.9 Å². The molecule has 0 heterocycles. The molecule has 0 spiro atoms. The Morgan fingerprint density at radius 1 is 1.31 bits per heavy atom. The molecule has 0 amide bonds. The van der Waals surface area contributed by atoms with Crippen LogP contribution in [0.5, 0.6) is 0 Å². The molecule has 1 unspecified atom stereocenters. The van der Waals surface area contributed by atoms with Crippen LogP contribution in [-0.2, 0) is 0 Å². The molecule has 13 heavy (non-hydrogen) atoms. The summed E-state index contributed by atoms with van der Waals surface area (Å²) in [4.78, 5) is 0. The Bertz CT molecular complexity index is 263. The number of hydrogen-bond donors (Lipinski definition) is 2. The van der Waals surface area contributed by atoms with Gasteiger partial charge in [-0.3, -0.25) is 0 Å². The maximum absolute atomic E-state index is 6.00. The van der Waals surface area contributed by atoms with Gasteiger partial charge in [0.1, 0.15) is 0 Å². The highest BCUT2D eigenvalue weighted by atomic mass is 79.9. The lowest BCUT2D eigenvalue weighted by Gasteiger charge is -2.12. The van der Waals surface area contributed by atoms with Crippen LogP contribution in [0, 0.1) is 0 Å². The van der Waals surface area contributed by atoms with Gasteiger partial charge in [0.25, 0.3) is 0 Å². The van der Waals surface area contributed by atoms with Crippen molar-refractivity contribution in [3.05, 3.63) is 34.3 Å². The summed E-state index contributed by atoms with van der Waals surface area (Å²) in [6, 6.07) is 8.15. The maximum Gasteiger partial charge on any atom is 0.0306 e. The van der Waals surface area contributed by atoms with E-state index < -0.39 is 0 Å². The van der Waals surface area contributed by atoms with E-state index in [9.17, 15) is 0 Å². The predicted molar refractivity (Wildman–Crippen MR) is 59.4 cm³/mol. The summed E-state index contributed by atoms with van der Waals surface area (Å²) in [6.45, 7) is 0.707. The molecule has 0 aromatic heterocycles. The van der Waals surface area contributed by atoms with Gasteiger partial charge in [0, 0.05) is 10.5 Å². The fraction of sp³-hybridized carbons (Fsp3) is 0.400. The summed E-state index contributed by atoms with van der Waals surface area (Å²) in [6.07, 6.45) is 1.92. The van der Waals surface area contributed by atoms with Gasteiger partial charge in [-0.2, -0.15) is 0 Å². The maximum atomic E-state index is 6.00. The molecule has 0 aliphatic carbocycles. The highest BCUT2D eigenvalue weighted by Gasteiger charge is 2.07. The van der Waals surface area contributed by atoms with E-state index in [1.807, 2.05) is 24.3 Å². The minimum Gasteiger partial charge on any atom is -0.330 e. The van der Waals surface area contributed by atoms with E-state index in [0.29, 0.717) is 6.54 Å². The van der Waals surface area contributed by atoms with Gasteiger partial charge in [0.05, 0.1) is 0 Å². The molecule has 0 saturated heterocycles. The van der Waals surface area contributed by atoms with E-state index in [1.165, 1.54) is 0 Å². The number of rotatable bonds is 4. The summed E-state index contributed by atoms with van der Waals surface area (Å²) >= 11 is 3.48. The van der Waals surface area contributed by atoms with E-state index in [-0.39, 0.29) is 6.04 Å². The summed E-state index contributed by atoms with van der Waals surface area (Å²) in [7, 11) is 0. The van der Waals surface area contributed by atoms with Gasteiger partial charge < -0.3 is 11.5 Å². The van der Waals surface area contributed by atoms with Crippen LogP contribution in [0.2, 0.25) is 0 Å². The van der Waals surface area contributed by atoms with Crippen LogP contribution in [-0.4, -0.2) is 6.54 Å². The van der Waals surface area contributed by atoms with Crippen LogP contribution >= 0.6 is 15.9 Å². The molecule has 1 aromatic rings. The molecule has 2 nitrogen and oxygen atoms in total. The first-order valence-electron chi connectivity index (χ1n) is 4.45. The lowest BCUT2D eigenvalue weighted by molar-refractivity contribution is 0.616. The van der Waals surface area contributed by atoms with Crippen molar-refractivity contribution in [1.29, 1.82) is 0 Å². The van der Waals surface area contributed by atoms with E-state index in [2.05, 4.69) is 15.9 Å². The van der Waals surface area contributed by atoms with Gasteiger partial charge in [-0.25, -0.2) is 0 Å². The second-order valence-corrected chi connectivity index (χ2v) is 3.91. The predicted octanol–water partition coefficient (Wildman–Crippen LogP) is 2.19. The van der Waals surface area contributed by atoms with Crippen LogP contribution in [0.4, 0.5) is 0 Å². The fourth-order valence-corrected chi connectivity index (χ4v) is 1.85. The quantitative estimate of drug-likeness (QED) is 0.851. The largest absolute Gasteiger partial charge is 0.330 e. The molecule has 0 fully saturated rings. The minimum atomic E-state index is 0.0964. The molecule has 0 saturated carbocycles. The third-order valence-electron chi connectivity index (χ3n) is 2.02. The van der Waals surface area contributed by atoms with Gasteiger partial charge in [0.15, 0.2) is 0 Å². The minimum absolute atomic E-state index is 0.0964. The topological polar surface area (TPSA) is 52.0 Å². The van der Waals surface area contributed by atoms with Gasteiger partial charge in [0.2, 0.25) is 0 Å². The Kier molecular flexibility index (Phi) is 4.42. The Morgan fingerprint density at radius 3 is 2.62 bits per heavy atom. The van der Waals surface area contributed by atoms with E-state index >= 15 is 0 Å². The van der Waals surface area contributed by atoms with Crippen LogP contribution in [0.1, 0.15) is 24.4 Å². The molecule has 0 aliphatic heterocycles. The van der Waals surface area contributed by atoms with Crippen LogP contribution in [0.3, 0.4) is 0 Å². The molecule has 0 bridgehead atoms. The number of halogens is 1. The van der Waals surface area contributed by atoms with Gasteiger partial charge in [-0.05, 0) is 31.0 Å². The zero-order valence-corrected chi connectivity index (χ0v) is 9.13. The third-order valence-corrected chi connectivity index (χ3v) is 2.75. The number of benzene rings is 1. The Balaban J connectivity index is 2.65. The lowest BCUT2D eigenvalue weighted by Crippen LogP contribution is -2.12. The lowest BCUT2D eigenvalue weighted by atomic mass is 10.0. The highest BCUT2D eigenvalue weighted by Crippen LogP contribution is 2.23. The van der Waals surface area contributed by atoms with Crippen LogP contribution in [0.15, 0.2) is 28.7 Å². The third kappa shape index (κ3) is 3.10. The van der Waals surface area contributed by atoms with Gasteiger partial charge >= 0.3 is 0 Å². The molecule has 1 rings (SSSR count). The van der Waals surface area contributed by atoms with Gasteiger partial charge in [-0.1, -0.05) is 34.1 Å². The Labute approximate surface area is 87.4 Å². The average molecular weight is 243 g/mol.